The minimum Gasteiger partial charge on any atom is -0.396 e. The lowest BCUT2D eigenvalue weighted by Gasteiger charge is -2.34. The number of nitrogens with zero attached hydrogens (tertiary/aromatic N) is 2. The van der Waals surface area contributed by atoms with Crippen LogP contribution in [0.1, 0.15) is 6.42 Å². The standard InChI is InChI=1S/C9H19N3OS/c10-9(14)8-12-5-3-11(4-6-12)2-1-7-13/h13H,1-8H2,(H2,10,14). The second kappa shape index (κ2) is 6.29. The second-order valence-corrected chi connectivity index (χ2v) is 4.19. The summed E-state index contributed by atoms with van der Waals surface area (Å²) in [7, 11) is 0. The van der Waals surface area contributed by atoms with Gasteiger partial charge in [0.05, 0.1) is 4.99 Å². The van der Waals surface area contributed by atoms with Crippen molar-refractivity contribution in [2.45, 2.75) is 6.42 Å². The largest absolute Gasteiger partial charge is 0.396 e. The predicted octanol–water partition coefficient (Wildman–Crippen LogP) is -0.727. The molecule has 0 saturated carbocycles. The van der Waals surface area contributed by atoms with E-state index in [1.807, 2.05) is 0 Å². The van der Waals surface area contributed by atoms with Crippen LogP contribution in [0.15, 0.2) is 0 Å². The van der Waals surface area contributed by atoms with E-state index >= 15 is 0 Å². The topological polar surface area (TPSA) is 52.7 Å². The zero-order valence-electron chi connectivity index (χ0n) is 8.48. The van der Waals surface area contributed by atoms with Crippen molar-refractivity contribution < 1.29 is 5.11 Å². The van der Waals surface area contributed by atoms with Crippen molar-refractivity contribution in [1.82, 2.24) is 9.80 Å². The van der Waals surface area contributed by atoms with Crippen molar-refractivity contribution in [3.8, 4) is 0 Å². The van der Waals surface area contributed by atoms with E-state index in [0.717, 1.165) is 45.7 Å². The molecule has 1 aliphatic heterocycles. The number of hydrogen-bond acceptors (Lipinski definition) is 4. The van der Waals surface area contributed by atoms with Crippen LogP contribution in [0.5, 0.6) is 0 Å². The normalized spacial score (nSPS) is 19.8. The summed E-state index contributed by atoms with van der Waals surface area (Å²) < 4.78 is 0. The summed E-state index contributed by atoms with van der Waals surface area (Å²) in [5.41, 5.74) is 5.48. The van der Waals surface area contributed by atoms with E-state index < -0.39 is 0 Å². The average molecular weight is 217 g/mol. The van der Waals surface area contributed by atoms with Crippen LogP contribution in [-0.2, 0) is 0 Å². The average Bonchev–Trinajstić information content (AvgIpc) is 2.16. The van der Waals surface area contributed by atoms with Crippen LogP contribution in [0, 0.1) is 0 Å². The molecule has 0 radical (unpaired) electrons. The summed E-state index contributed by atoms with van der Waals surface area (Å²) in [5, 5.41) is 8.70. The van der Waals surface area contributed by atoms with Gasteiger partial charge in [-0.1, -0.05) is 12.2 Å². The Morgan fingerprint density at radius 2 is 1.79 bits per heavy atom. The molecule has 1 heterocycles. The highest BCUT2D eigenvalue weighted by Gasteiger charge is 2.16. The summed E-state index contributed by atoms with van der Waals surface area (Å²) in [6.45, 7) is 6.20. The van der Waals surface area contributed by atoms with Crippen LogP contribution in [0.4, 0.5) is 0 Å². The molecule has 1 fully saturated rings. The molecule has 0 amide bonds. The Morgan fingerprint density at radius 3 is 2.29 bits per heavy atom. The lowest BCUT2D eigenvalue weighted by molar-refractivity contribution is 0.136. The first-order valence-corrected chi connectivity index (χ1v) is 5.47. The predicted molar refractivity (Wildman–Crippen MR) is 61.4 cm³/mol. The molecule has 0 aromatic rings. The molecule has 0 unspecified atom stereocenters. The van der Waals surface area contributed by atoms with Crippen molar-refractivity contribution in [2.24, 2.45) is 5.73 Å². The molecule has 4 nitrogen and oxygen atoms in total. The quantitative estimate of drug-likeness (QED) is 0.595. The molecule has 0 spiro atoms. The number of hydrogen-bond donors (Lipinski definition) is 2. The lowest BCUT2D eigenvalue weighted by atomic mass is 10.3. The van der Waals surface area contributed by atoms with Gasteiger partial charge in [0, 0.05) is 45.9 Å². The van der Waals surface area contributed by atoms with E-state index in [0.29, 0.717) is 4.99 Å². The molecule has 14 heavy (non-hydrogen) atoms. The second-order valence-electron chi connectivity index (χ2n) is 3.66. The molecule has 0 bridgehead atoms. The number of piperazine rings is 1. The van der Waals surface area contributed by atoms with Gasteiger partial charge in [0.25, 0.3) is 0 Å². The first-order chi connectivity index (χ1) is 6.72. The zero-order chi connectivity index (χ0) is 10.4. The van der Waals surface area contributed by atoms with Gasteiger partial charge >= 0.3 is 0 Å². The number of rotatable bonds is 5. The van der Waals surface area contributed by atoms with Gasteiger partial charge in [0.1, 0.15) is 0 Å². The highest BCUT2D eigenvalue weighted by atomic mass is 32.1. The minimum atomic E-state index is 0.285. The van der Waals surface area contributed by atoms with Crippen LogP contribution in [-0.4, -0.2) is 65.8 Å². The molecule has 0 aromatic carbocycles. The maximum absolute atomic E-state index is 8.70. The van der Waals surface area contributed by atoms with Gasteiger partial charge in [0.2, 0.25) is 0 Å². The highest BCUT2D eigenvalue weighted by molar-refractivity contribution is 7.80. The Labute approximate surface area is 90.7 Å². The van der Waals surface area contributed by atoms with Crippen LogP contribution in [0.2, 0.25) is 0 Å². The molecule has 3 N–H and O–H groups in total. The van der Waals surface area contributed by atoms with Crippen molar-refractivity contribution in [3.63, 3.8) is 0 Å². The first-order valence-electron chi connectivity index (χ1n) is 5.06. The maximum atomic E-state index is 8.70. The fourth-order valence-corrected chi connectivity index (χ4v) is 1.87. The van der Waals surface area contributed by atoms with Crippen LogP contribution in [0.25, 0.3) is 0 Å². The summed E-state index contributed by atoms with van der Waals surface area (Å²) in [6.07, 6.45) is 0.870. The molecule has 0 aliphatic carbocycles. The molecular weight excluding hydrogens is 198 g/mol. The zero-order valence-corrected chi connectivity index (χ0v) is 9.30. The maximum Gasteiger partial charge on any atom is 0.0870 e. The van der Waals surface area contributed by atoms with Crippen LogP contribution in [0.3, 0.4) is 0 Å². The third-order valence-electron chi connectivity index (χ3n) is 2.48. The minimum absolute atomic E-state index is 0.285. The fraction of sp³-hybridized carbons (Fsp3) is 0.889. The monoisotopic (exact) mass is 217 g/mol. The Morgan fingerprint density at radius 1 is 1.21 bits per heavy atom. The van der Waals surface area contributed by atoms with Gasteiger partial charge in [-0.05, 0) is 6.42 Å². The van der Waals surface area contributed by atoms with E-state index in [4.69, 9.17) is 23.1 Å². The van der Waals surface area contributed by atoms with Gasteiger partial charge in [-0.2, -0.15) is 0 Å². The first kappa shape index (κ1) is 11.8. The highest BCUT2D eigenvalue weighted by Crippen LogP contribution is 2.01. The summed E-state index contributed by atoms with van der Waals surface area (Å²) in [5.74, 6) is 0. The third kappa shape index (κ3) is 4.32. The fourth-order valence-electron chi connectivity index (χ4n) is 1.69. The van der Waals surface area contributed by atoms with E-state index in [1.54, 1.807) is 0 Å². The molecule has 5 heteroatoms. The molecule has 0 aromatic heterocycles. The van der Waals surface area contributed by atoms with Gasteiger partial charge in [-0.15, -0.1) is 0 Å². The van der Waals surface area contributed by atoms with Gasteiger partial charge in [-0.3, -0.25) is 4.90 Å². The number of nitrogens with two attached hydrogens (primary N) is 1. The van der Waals surface area contributed by atoms with Crippen LogP contribution >= 0.6 is 12.2 Å². The van der Waals surface area contributed by atoms with Crippen molar-refractivity contribution in [1.29, 1.82) is 0 Å². The summed E-state index contributed by atoms with van der Waals surface area (Å²) >= 11 is 4.87. The number of aliphatic hydroxyl groups excluding tert-OH is 1. The van der Waals surface area contributed by atoms with E-state index in [9.17, 15) is 0 Å². The third-order valence-corrected chi connectivity index (χ3v) is 2.61. The van der Waals surface area contributed by atoms with Gasteiger partial charge < -0.3 is 15.7 Å². The molecule has 1 saturated heterocycles. The van der Waals surface area contributed by atoms with Crippen molar-refractivity contribution in [3.05, 3.63) is 0 Å². The SMILES string of the molecule is NC(=S)CN1CCN(CCCO)CC1. The van der Waals surface area contributed by atoms with E-state index in [-0.39, 0.29) is 6.61 Å². The number of thiocarbonyl (C=S) groups is 1. The van der Waals surface area contributed by atoms with Crippen molar-refractivity contribution >= 4 is 17.2 Å². The van der Waals surface area contributed by atoms with Gasteiger partial charge in [-0.25, -0.2) is 0 Å². The molecule has 0 atom stereocenters. The summed E-state index contributed by atoms with van der Waals surface area (Å²) in [4.78, 5) is 5.22. The Balaban J connectivity index is 2.14. The molecule has 1 rings (SSSR count). The Hall–Kier alpha value is -0.230. The molecule has 82 valence electrons. The summed E-state index contributed by atoms with van der Waals surface area (Å²) in [6, 6.07) is 0. The molecular formula is C9H19N3OS. The Kier molecular flexibility index (Phi) is 5.32. The van der Waals surface area contributed by atoms with Crippen molar-refractivity contribution in [2.75, 3.05) is 45.9 Å². The van der Waals surface area contributed by atoms with E-state index in [2.05, 4.69) is 9.80 Å². The van der Waals surface area contributed by atoms with Crippen LogP contribution < -0.4 is 5.73 Å². The lowest BCUT2D eigenvalue weighted by Crippen LogP contribution is -2.48. The van der Waals surface area contributed by atoms with Gasteiger partial charge in [0.15, 0.2) is 0 Å². The molecule has 1 aliphatic rings. The van der Waals surface area contributed by atoms with E-state index in [1.165, 1.54) is 0 Å². The smallest absolute Gasteiger partial charge is 0.0870 e. The number of aliphatic hydroxyl groups is 1. The Bertz CT molecular complexity index is 181.